The van der Waals surface area contributed by atoms with Crippen molar-refractivity contribution in [3.8, 4) is 11.1 Å². The smallest absolute Gasteiger partial charge is 0.407 e. The van der Waals surface area contributed by atoms with Crippen molar-refractivity contribution in [2.45, 2.75) is 45.9 Å². The molecule has 0 radical (unpaired) electrons. The van der Waals surface area contributed by atoms with Crippen molar-refractivity contribution in [2.75, 3.05) is 6.54 Å². The van der Waals surface area contributed by atoms with Crippen molar-refractivity contribution in [1.82, 2.24) is 10.6 Å². The monoisotopic (exact) mass is 338 g/mol. The van der Waals surface area contributed by atoms with Gasteiger partial charge in [0, 0.05) is 13.1 Å². The van der Waals surface area contributed by atoms with Crippen molar-refractivity contribution in [3.05, 3.63) is 59.2 Å². The van der Waals surface area contributed by atoms with Gasteiger partial charge in [0.2, 0.25) is 0 Å². The van der Waals surface area contributed by atoms with Crippen LogP contribution in [0.2, 0.25) is 0 Å². The first-order valence-corrected chi connectivity index (χ1v) is 8.80. The summed E-state index contributed by atoms with van der Waals surface area (Å²) in [5.41, 5.74) is 5.91. The number of rotatable bonds is 3. The summed E-state index contributed by atoms with van der Waals surface area (Å²) in [4.78, 5) is 11.7. The highest BCUT2D eigenvalue weighted by Crippen LogP contribution is 2.28. The van der Waals surface area contributed by atoms with E-state index in [1.54, 1.807) is 0 Å². The molecular formula is C21H26N2O2. The Morgan fingerprint density at radius 1 is 1.16 bits per heavy atom. The second-order valence-electron chi connectivity index (χ2n) is 7.42. The third kappa shape index (κ3) is 4.60. The van der Waals surface area contributed by atoms with E-state index in [9.17, 15) is 4.79 Å². The van der Waals surface area contributed by atoms with Gasteiger partial charge >= 0.3 is 6.09 Å². The lowest BCUT2D eigenvalue weighted by atomic mass is 9.91. The topological polar surface area (TPSA) is 50.4 Å². The molecule has 0 atom stereocenters. The van der Waals surface area contributed by atoms with E-state index >= 15 is 0 Å². The molecule has 4 heteroatoms. The average Bonchev–Trinajstić information content (AvgIpc) is 2.58. The molecule has 25 heavy (non-hydrogen) atoms. The highest BCUT2D eigenvalue weighted by atomic mass is 16.6. The second-order valence-corrected chi connectivity index (χ2v) is 7.42. The van der Waals surface area contributed by atoms with E-state index in [1.165, 1.54) is 22.3 Å². The van der Waals surface area contributed by atoms with E-state index in [2.05, 4.69) is 53.1 Å². The first kappa shape index (κ1) is 17.5. The van der Waals surface area contributed by atoms with Gasteiger partial charge in [-0.1, -0.05) is 42.5 Å². The summed E-state index contributed by atoms with van der Waals surface area (Å²) >= 11 is 0. The fourth-order valence-corrected chi connectivity index (χ4v) is 3.08. The highest BCUT2D eigenvalue weighted by Gasteiger charge is 2.16. The van der Waals surface area contributed by atoms with E-state index in [1.807, 2.05) is 20.8 Å². The molecule has 0 aliphatic carbocycles. The fourth-order valence-electron chi connectivity index (χ4n) is 3.08. The van der Waals surface area contributed by atoms with Crippen LogP contribution in [-0.4, -0.2) is 18.2 Å². The van der Waals surface area contributed by atoms with E-state index < -0.39 is 5.60 Å². The Morgan fingerprint density at radius 3 is 2.64 bits per heavy atom. The zero-order valence-electron chi connectivity index (χ0n) is 15.2. The quantitative estimate of drug-likeness (QED) is 0.888. The second kappa shape index (κ2) is 7.28. The van der Waals surface area contributed by atoms with Crippen LogP contribution >= 0.6 is 0 Å². The molecule has 1 amide bonds. The van der Waals surface area contributed by atoms with Crippen LogP contribution in [0.3, 0.4) is 0 Å². The number of fused-ring (bicyclic) bond motifs is 1. The Labute approximate surface area is 149 Å². The minimum atomic E-state index is -0.478. The number of carbonyl (C=O) groups is 1. The number of alkyl carbamates (subject to hydrolysis) is 1. The zero-order valence-corrected chi connectivity index (χ0v) is 15.2. The predicted molar refractivity (Wildman–Crippen MR) is 100 cm³/mol. The third-order valence-corrected chi connectivity index (χ3v) is 4.25. The molecule has 1 aliphatic rings. The van der Waals surface area contributed by atoms with Crippen molar-refractivity contribution >= 4 is 6.09 Å². The molecule has 1 heterocycles. The maximum Gasteiger partial charge on any atom is 0.407 e. The Bertz CT molecular complexity index is 745. The van der Waals surface area contributed by atoms with Crippen molar-refractivity contribution < 1.29 is 9.53 Å². The summed E-state index contributed by atoms with van der Waals surface area (Å²) in [5.74, 6) is 0. The lowest BCUT2D eigenvalue weighted by molar-refractivity contribution is 0.0523. The summed E-state index contributed by atoms with van der Waals surface area (Å²) in [5, 5.41) is 6.25. The molecule has 0 saturated heterocycles. The molecule has 1 aliphatic heterocycles. The van der Waals surface area contributed by atoms with Gasteiger partial charge in [0.05, 0.1) is 0 Å². The van der Waals surface area contributed by atoms with Crippen LogP contribution in [0.25, 0.3) is 11.1 Å². The first-order valence-electron chi connectivity index (χ1n) is 8.80. The molecule has 0 unspecified atom stereocenters. The molecule has 0 spiro atoms. The number of nitrogens with one attached hydrogen (secondary N) is 2. The van der Waals surface area contributed by atoms with Gasteiger partial charge in [0.15, 0.2) is 0 Å². The number of carbonyl (C=O) groups excluding carboxylic acids is 1. The molecular weight excluding hydrogens is 312 g/mol. The number of hydrogen-bond donors (Lipinski definition) is 2. The number of hydrogen-bond acceptors (Lipinski definition) is 3. The number of benzene rings is 2. The van der Waals surface area contributed by atoms with Gasteiger partial charge in [-0.3, -0.25) is 0 Å². The largest absolute Gasteiger partial charge is 0.444 e. The average molecular weight is 338 g/mol. The Morgan fingerprint density at radius 2 is 1.92 bits per heavy atom. The molecule has 132 valence electrons. The summed E-state index contributed by atoms with van der Waals surface area (Å²) in [6.07, 6.45) is 0.695. The number of amides is 1. The summed E-state index contributed by atoms with van der Waals surface area (Å²) < 4.78 is 5.26. The van der Waals surface area contributed by atoms with Crippen LogP contribution in [0.1, 0.15) is 37.5 Å². The number of ether oxygens (including phenoxy) is 1. The maximum atomic E-state index is 11.7. The lowest BCUT2D eigenvalue weighted by Crippen LogP contribution is -2.32. The van der Waals surface area contributed by atoms with E-state index in [4.69, 9.17) is 4.74 Å². The van der Waals surface area contributed by atoms with Crippen LogP contribution in [-0.2, 0) is 24.2 Å². The van der Waals surface area contributed by atoms with Crippen LogP contribution in [0.5, 0.6) is 0 Å². The van der Waals surface area contributed by atoms with Crippen LogP contribution in [0.4, 0.5) is 4.79 Å². The molecule has 0 bridgehead atoms. The molecule has 2 aromatic rings. The minimum absolute atomic E-state index is 0.389. The predicted octanol–water partition coefficient (Wildman–Crippen LogP) is 4.02. The van der Waals surface area contributed by atoms with Crippen molar-refractivity contribution in [1.29, 1.82) is 0 Å². The summed E-state index contributed by atoms with van der Waals surface area (Å²) in [6, 6.07) is 14.9. The third-order valence-electron chi connectivity index (χ3n) is 4.25. The molecule has 0 fully saturated rings. The van der Waals surface area contributed by atoms with E-state index in [-0.39, 0.29) is 6.09 Å². The Hall–Kier alpha value is -2.33. The van der Waals surface area contributed by atoms with E-state index in [0.29, 0.717) is 6.54 Å². The standard InChI is InChI=1S/C21H26N2O2/c1-21(2,3)25-20(24)23-13-15-7-9-17(10-8-15)18-6-4-5-16-11-12-22-14-19(16)18/h4-10,22H,11-14H2,1-3H3,(H,23,24). The maximum absolute atomic E-state index is 11.7. The fraction of sp³-hybridized carbons (Fsp3) is 0.381. The Kier molecular flexibility index (Phi) is 5.09. The van der Waals surface area contributed by atoms with Gasteiger partial charge in [-0.25, -0.2) is 4.79 Å². The molecule has 4 nitrogen and oxygen atoms in total. The minimum Gasteiger partial charge on any atom is -0.444 e. The van der Waals surface area contributed by atoms with Gasteiger partial charge < -0.3 is 15.4 Å². The summed E-state index contributed by atoms with van der Waals surface area (Å²) in [6.45, 7) is 8.01. The molecule has 0 aromatic heterocycles. The first-order chi connectivity index (χ1) is 11.9. The van der Waals surface area contributed by atoms with Crippen molar-refractivity contribution in [2.24, 2.45) is 0 Å². The Balaban J connectivity index is 1.68. The van der Waals surface area contributed by atoms with Gasteiger partial charge in [-0.2, -0.15) is 0 Å². The van der Waals surface area contributed by atoms with Crippen LogP contribution in [0.15, 0.2) is 42.5 Å². The zero-order chi connectivity index (χ0) is 17.9. The molecule has 3 rings (SSSR count). The van der Waals surface area contributed by atoms with E-state index in [0.717, 1.165) is 25.1 Å². The van der Waals surface area contributed by atoms with Gasteiger partial charge in [0.25, 0.3) is 0 Å². The summed E-state index contributed by atoms with van der Waals surface area (Å²) in [7, 11) is 0. The van der Waals surface area contributed by atoms with Crippen molar-refractivity contribution in [3.63, 3.8) is 0 Å². The van der Waals surface area contributed by atoms with Gasteiger partial charge in [-0.05, 0) is 61.6 Å². The molecule has 0 saturated carbocycles. The SMILES string of the molecule is CC(C)(C)OC(=O)NCc1ccc(-c2cccc3c2CNCC3)cc1. The highest BCUT2D eigenvalue weighted by molar-refractivity contribution is 5.70. The van der Waals surface area contributed by atoms with Crippen LogP contribution < -0.4 is 10.6 Å². The van der Waals surface area contributed by atoms with Crippen LogP contribution in [0, 0.1) is 0 Å². The van der Waals surface area contributed by atoms with Gasteiger partial charge in [-0.15, -0.1) is 0 Å². The molecule has 2 N–H and O–H groups in total. The van der Waals surface area contributed by atoms with Gasteiger partial charge in [0.1, 0.15) is 5.60 Å². The molecule has 2 aromatic carbocycles. The lowest BCUT2D eigenvalue weighted by Gasteiger charge is -2.21. The normalized spacial score (nSPS) is 13.9.